The number of amides is 2. The minimum Gasteiger partial charge on any atom is -0.343 e. The van der Waals surface area contributed by atoms with Gasteiger partial charge in [0.05, 0.1) is 11.4 Å². The maximum absolute atomic E-state index is 12.3. The molecule has 0 bridgehead atoms. The van der Waals surface area contributed by atoms with Gasteiger partial charge in [0, 0.05) is 33.2 Å². The monoisotopic (exact) mass is 351 g/mol. The highest BCUT2D eigenvalue weighted by atomic mass is 32.1. The number of rotatable bonds is 7. The van der Waals surface area contributed by atoms with Crippen LogP contribution in [0.2, 0.25) is 0 Å². The Hall–Kier alpha value is -1.40. The van der Waals surface area contributed by atoms with Crippen molar-refractivity contribution in [2.24, 2.45) is 0 Å². The molecule has 2 amide bonds. The van der Waals surface area contributed by atoms with Gasteiger partial charge in [-0.1, -0.05) is 25.3 Å². The Kier molecular flexibility index (Phi) is 7.24. The summed E-state index contributed by atoms with van der Waals surface area (Å²) < 4.78 is 0. The van der Waals surface area contributed by atoms with Gasteiger partial charge in [-0.25, -0.2) is 0 Å². The summed E-state index contributed by atoms with van der Waals surface area (Å²) in [4.78, 5) is 30.8. The lowest BCUT2D eigenvalue weighted by molar-refractivity contribution is -0.130. The lowest BCUT2D eigenvalue weighted by Crippen LogP contribution is -2.43. The van der Waals surface area contributed by atoms with E-state index in [0.29, 0.717) is 17.5 Å². The Labute approximate surface area is 149 Å². The molecule has 1 aliphatic rings. The van der Waals surface area contributed by atoms with Crippen LogP contribution in [0.3, 0.4) is 0 Å². The lowest BCUT2D eigenvalue weighted by Gasteiger charge is -2.32. The first kappa shape index (κ1) is 18.9. The van der Waals surface area contributed by atoms with Gasteiger partial charge in [0.25, 0.3) is 5.91 Å². The van der Waals surface area contributed by atoms with Gasteiger partial charge >= 0.3 is 0 Å². The second-order valence-electron chi connectivity index (χ2n) is 6.73. The minimum atomic E-state index is -0.0916. The Balaban J connectivity index is 1.74. The largest absolute Gasteiger partial charge is 0.343 e. The molecule has 24 heavy (non-hydrogen) atoms. The molecular formula is C18H29N3O2S. The molecule has 0 spiro atoms. The topological polar surface area (TPSA) is 43.9 Å². The average Bonchev–Trinajstić information content (AvgIpc) is 3.13. The van der Waals surface area contributed by atoms with Crippen LogP contribution >= 0.6 is 11.3 Å². The second kappa shape index (κ2) is 9.18. The first-order valence-corrected chi connectivity index (χ1v) is 9.60. The zero-order valence-electron chi connectivity index (χ0n) is 15.0. The zero-order valence-corrected chi connectivity index (χ0v) is 15.8. The fourth-order valence-electron chi connectivity index (χ4n) is 3.12. The lowest BCUT2D eigenvalue weighted by atomic mass is 9.94. The van der Waals surface area contributed by atoms with Crippen LogP contribution in [0.15, 0.2) is 17.5 Å². The second-order valence-corrected chi connectivity index (χ2v) is 7.67. The Morgan fingerprint density at radius 2 is 1.79 bits per heavy atom. The summed E-state index contributed by atoms with van der Waals surface area (Å²) in [6, 6.07) is 4.29. The van der Waals surface area contributed by atoms with Crippen molar-refractivity contribution in [1.82, 2.24) is 14.7 Å². The number of hydrogen-bond donors (Lipinski definition) is 0. The van der Waals surface area contributed by atoms with E-state index >= 15 is 0 Å². The number of hydrogen-bond acceptors (Lipinski definition) is 4. The quantitative estimate of drug-likeness (QED) is 0.758. The molecular weight excluding hydrogens is 322 g/mol. The third-order valence-corrected chi connectivity index (χ3v) is 5.72. The standard InChI is InChI=1S/C18H29N3O2S/c1-19(15-8-5-4-6-9-15)11-12-20(2)17(22)14-21(3)18(23)16-10-7-13-24-16/h7,10,13,15H,4-6,8-9,11-12,14H2,1-3H3. The summed E-state index contributed by atoms with van der Waals surface area (Å²) in [5.41, 5.74) is 0. The van der Waals surface area contributed by atoms with Gasteiger partial charge in [0.1, 0.15) is 0 Å². The van der Waals surface area contributed by atoms with Crippen LogP contribution in [0.25, 0.3) is 0 Å². The first-order chi connectivity index (χ1) is 11.5. The van der Waals surface area contributed by atoms with Crippen LogP contribution in [-0.2, 0) is 4.79 Å². The maximum Gasteiger partial charge on any atom is 0.264 e. The molecule has 0 aliphatic heterocycles. The van der Waals surface area contributed by atoms with E-state index < -0.39 is 0 Å². The Bertz CT molecular complexity index is 526. The van der Waals surface area contributed by atoms with Gasteiger partial charge in [-0.15, -0.1) is 11.3 Å². The van der Waals surface area contributed by atoms with Gasteiger partial charge in [-0.05, 0) is 31.3 Å². The van der Waals surface area contributed by atoms with Crippen molar-refractivity contribution in [3.8, 4) is 0 Å². The van der Waals surface area contributed by atoms with Crippen molar-refractivity contribution in [2.75, 3.05) is 40.8 Å². The van der Waals surface area contributed by atoms with E-state index in [4.69, 9.17) is 0 Å². The predicted octanol–water partition coefficient (Wildman–Crippen LogP) is 2.54. The summed E-state index contributed by atoms with van der Waals surface area (Å²) in [5.74, 6) is -0.106. The van der Waals surface area contributed by atoms with E-state index in [9.17, 15) is 9.59 Å². The fraction of sp³-hybridized carbons (Fsp3) is 0.667. The van der Waals surface area contributed by atoms with E-state index in [1.165, 1.54) is 48.3 Å². The highest BCUT2D eigenvalue weighted by molar-refractivity contribution is 7.12. The molecule has 0 aromatic carbocycles. The average molecular weight is 352 g/mol. The Morgan fingerprint density at radius 3 is 2.42 bits per heavy atom. The van der Waals surface area contributed by atoms with Crippen LogP contribution < -0.4 is 0 Å². The summed E-state index contributed by atoms with van der Waals surface area (Å²) in [7, 11) is 5.66. The molecule has 5 nitrogen and oxygen atoms in total. The first-order valence-electron chi connectivity index (χ1n) is 8.72. The molecule has 6 heteroatoms. The normalized spacial score (nSPS) is 15.5. The third-order valence-electron chi connectivity index (χ3n) is 4.86. The van der Waals surface area contributed by atoms with E-state index in [0.717, 1.165) is 6.54 Å². The number of likely N-dealkylation sites (N-methyl/N-ethyl adjacent to an activating group) is 3. The van der Waals surface area contributed by atoms with Crippen LogP contribution in [0, 0.1) is 0 Å². The molecule has 1 heterocycles. The van der Waals surface area contributed by atoms with Crippen LogP contribution in [0.1, 0.15) is 41.8 Å². The highest BCUT2D eigenvalue weighted by Gasteiger charge is 2.20. The molecule has 0 atom stereocenters. The molecule has 2 rings (SSSR count). The van der Waals surface area contributed by atoms with Crippen molar-refractivity contribution in [3.63, 3.8) is 0 Å². The molecule has 0 unspecified atom stereocenters. The summed E-state index contributed by atoms with van der Waals surface area (Å²) >= 11 is 1.40. The van der Waals surface area contributed by atoms with E-state index in [-0.39, 0.29) is 18.4 Å². The van der Waals surface area contributed by atoms with Crippen molar-refractivity contribution in [3.05, 3.63) is 22.4 Å². The van der Waals surface area contributed by atoms with Crippen molar-refractivity contribution in [2.45, 2.75) is 38.1 Å². The molecule has 1 aliphatic carbocycles. The molecule has 0 saturated heterocycles. The van der Waals surface area contributed by atoms with E-state index in [1.807, 2.05) is 18.5 Å². The van der Waals surface area contributed by atoms with E-state index in [2.05, 4.69) is 11.9 Å². The third kappa shape index (κ3) is 5.31. The molecule has 1 aromatic rings. The van der Waals surface area contributed by atoms with Gasteiger partial charge in [0.15, 0.2) is 0 Å². The van der Waals surface area contributed by atoms with Gasteiger partial charge in [-0.2, -0.15) is 0 Å². The number of nitrogens with zero attached hydrogens (tertiary/aromatic N) is 3. The van der Waals surface area contributed by atoms with Crippen molar-refractivity contribution < 1.29 is 9.59 Å². The zero-order chi connectivity index (χ0) is 17.5. The smallest absolute Gasteiger partial charge is 0.264 e. The van der Waals surface area contributed by atoms with Gasteiger partial charge < -0.3 is 14.7 Å². The predicted molar refractivity (Wildman–Crippen MR) is 98.4 cm³/mol. The molecule has 1 fully saturated rings. The molecule has 0 N–H and O–H groups in total. The van der Waals surface area contributed by atoms with E-state index in [1.54, 1.807) is 18.0 Å². The molecule has 1 saturated carbocycles. The summed E-state index contributed by atoms with van der Waals surface area (Å²) in [5, 5.41) is 1.87. The molecule has 134 valence electrons. The minimum absolute atomic E-state index is 0.0144. The SMILES string of the molecule is CN(CCN(C)C1CCCCC1)C(=O)CN(C)C(=O)c1cccs1. The maximum atomic E-state index is 12.3. The summed E-state index contributed by atoms with van der Waals surface area (Å²) in [6.45, 7) is 1.71. The Morgan fingerprint density at radius 1 is 1.08 bits per heavy atom. The number of carbonyl (C=O) groups excluding carboxylic acids is 2. The van der Waals surface area contributed by atoms with Crippen LogP contribution in [0.5, 0.6) is 0 Å². The number of thiophene rings is 1. The summed E-state index contributed by atoms with van der Waals surface area (Å²) in [6.07, 6.45) is 6.53. The van der Waals surface area contributed by atoms with Crippen LogP contribution in [0.4, 0.5) is 0 Å². The molecule has 1 aromatic heterocycles. The molecule has 0 radical (unpaired) electrons. The van der Waals surface area contributed by atoms with Gasteiger partial charge in [0.2, 0.25) is 5.91 Å². The van der Waals surface area contributed by atoms with Gasteiger partial charge in [-0.3, -0.25) is 9.59 Å². The van der Waals surface area contributed by atoms with Crippen LogP contribution in [-0.4, -0.2) is 73.3 Å². The highest BCUT2D eigenvalue weighted by Crippen LogP contribution is 2.21. The number of carbonyl (C=O) groups is 2. The van der Waals surface area contributed by atoms with Crippen molar-refractivity contribution in [1.29, 1.82) is 0 Å². The van der Waals surface area contributed by atoms with Crippen molar-refractivity contribution >= 4 is 23.2 Å². The fourth-order valence-corrected chi connectivity index (χ4v) is 3.84.